The van der Waals surface area contributed by atoms with Crippen LogP contribution in [-0.2, 0) is 6.42 Å². The molecular weight excluding hydrogens is 231 g/mol. The van der Waals surface area contributed by atoms with Crippen LogP contribution in [0.25, 0.3) is 0 Å². The second-order valence-corrected chi connectivity index (χ2v) is 4.59. The van der Waals surface area contributed by atoms with Gasteiger partial charge in [-0.2, -0.15) is 0 Å². The van der Waals surface area contributed by atoms with Crippen LogP contribution in [0.2, 0.25) is 0 Å². The van der Waals surface area contributed by atoms with E-state index in [1.807, 2.05) is 19.2 Å². The van der Waals surface area contributed by atoms with E-state index in [1.165, 1.54) is 6.07 Å². The molecule has 0 aliphatic heterocycles. The Balaban J connectivity index is 2.07. The average molecular weight is 246 g/mol. The van der Waals surface area contributed by atoms with E-state index in [2.05, 4.69) is 10.5 Å². The second kappa shape index (κ2) is 4.44. The van der Waals surface area contributed by atoms with Crippen molar-refractivity contribution < 1.29 is 8.91 Å². The number of nitrogens with one attached hydrogen (secondary N) is 1. The van der Waals surface area contributed by atoms with Crippen molar-refractivity contribution in [1.82, 2.24) is 5.16 Å². The predicted molar refractivity (Wildman–Crippen MR) is 67.2 cm³/mol. The number of fused-ring (bicyclic) bond motifs is 1. The third-order valence-corrected chi connectivity index (χ3v) is 3.58. The lowest BCUT2D eigenvalue weighted by Gasteiger charge is -2.21. The molecule has 0 saturated heterocycles. The molecule has 1 atom stereocenters. The number of anilines is 1. The molecule has 1 aliphatic carbocycles. The van der Waals surface area contributed by atoms with Crippen LogP contribution in [0.4, 0.5) is 10.3 Å². The molecule has 2 aromatic rings. The monoisotopic (exact) mass is 246 g/mol. The summed E-state index contributed by atoms with van der Waals surface area (Å²) in [5.41, 5.74) is 2.70. The molecular formula is C14H15FN2O. The van der Waals surface area contributed by atoms with E-state index in [1.54, 1.807) is 6.07 Å². The van der Waals surface area contributed by atoms with E-state index >= 15 is 0 Å². The van der Waals surface area contributed by atoms with Crippen molar-refractivity contribution in [1.29, 1.82) is 0 Å². The van der Waals surface area contributed by atoms with Crippen molar-refractivity contribution in [2.75, 3.05) is 12.4 Å². The van der Waals surface area contributed by atoms with Crippen LogP contribution in [0, 0.1) is 5.82 Å². The normalized spacial score (nSPS) is 18.4. The standard InChI is InChI=1S/C14H15FN2O/c1-16-14-11-7-4-6-10(13(11)17-18-14)9-5-2-3-8-12(9)15/h2-3,5,8,10,16H,4,6-7H2,1H3. The molecule has 1 aromatic heterocycles. The Morgan fingerprint density at radius 2 is 2.22 bits per heavy atom. The maximum atomic E-state index is 13.9. The molecule has 1 aliphatic rings. The van der Waals surface area contributed by atoms with Gasteiger partial charge in [0.1, 0.15) is 5.82 Å². The molecule has 3 nitrogen and oxygen atoms in total. The third-order valence-electron chi connectivity index (χ3n) is 3.58. The van der Waals surface area contributed by atoms with Gasteiger partial charge in [0.15, 0.2) is 0 Å². The van der Waals surface area contributed by atoms with Crippen LogP contribution in [-0.4, -0.2) is 12.2 Å². The predicted octanol–water partition coefficient (Wildman–Crippen LogP) is 3.32. The number of nitrogens with zero attached hydrogens (tertiary/aromatic N) is 1. The summed E-state index contributed by atoms with van der Waals surface area (Å²) in [6.07, 6.45) is 2.89. The molecule has 0 saturated carbocycles. The highest BCUT2D eigenvalue weighted by atomic mass is 19.1. The molecule has 0 fully saturated rings. The lowest BCUT2D eigenvalue weighted by molar-refractivity contribution is 0.418. The Morgan fingerprint density at radius 3 is 3.00 bits per heavy atom. The number of hydrogen-bond donors (Lipinski definition) is 1. The van der Waals surface area contributed by atoms with Gasteiger partial charge in [-0.05, 0) is 30.9 Å². The summed E-state index contributed by atoms with van der Waals surface area (Å²) in [5, 5.41) is 7.12. The topological polar surface area (TPSA) is 38.1 Å². The maximum Gasteiger partial charge on any atom is 0.227 e. The molecule has 1 heterocycles. The summed E-state index contributed by atoms with van der Waals surface area (Å²) >= 11 is 0. The third kappa shape index (κ3) is 1.68. The SMILES string of the molecule is CNc1onc2c1CCCC2c1ccccc1F. The molecule has 0 radical (unpaired) electrons. The number of rotatable bonds is 2. The summed E-state index contributed by atoms with van der Waals surface area (Å²) in [6.45, 7) is 0. The van der Waals surface area contributed by atoms with Gasteiger partial charge in [-0.1, -0.05) is 23.4 Å². The molecule has 3 rings (SSSR count). The van der Waals surface area contributed by atoms with Gasteiger partial charge in [0.2, 0.25) is 5.88 Å². The highest BCUT2D eigenvalue weighted by molar-refractivity contribution is 5.48. The first-order valence-corrected chi connectivity index (χ1v) is 6.22. The number of aromatic nitrogens is 1. The van der Waals surface area contributed by atoms with E-state index in [9.17, 15) is 4.39 Å². The fraction of sp³-hybridized carbons (Fsp3) is 0.357. The van der Waals surface area contributed by atoms with Gasteiger partial charge in [-0.3, -0.25) is 0 Å². The van der Waals surface area contributed by atoms with E-state index in [4.69, 9.17) is 4.52 Å². The minimum absolute atomic E-state index is 0.0146. The maximum absolute atomic E-state index is 13.9. The minimum atomic E-state index is -0.163. The lowest BCUT2D eigenvalue weighted by atomic mass is 9.82. The van der Waals surface area contributed by atoms with Gasteiger partial charge >= 0.3 is 0 Å². The summed E-state index contributed by atoms with van der Waals surface area (Å²) < 4.78 is 19.2. The van der Waals surface area contributed by atoms with Gasteiger partial charge in [-0.25, -0.2) is 4.39 Å². The molecule has 94 valence electrons. The Morgan fingerprint density at radius 1 is 1.39 bits per heavy atom. The first-order chi connectivity index (χ1) is 8.81. The quantitative estimate of drug-likeness (QED) is 0.883. The average Bonchev–Trinajstić information content (AvgIpc) is 2.82. The van der Waals surface area contributed by atoms with Crippen molar-refractivity contribution in [2.45, 2.75) is 25.2 Å². The van der Waals surface area contributed by atoms with Gasteiger partial charge in [0, 0.05) is 18.5 Å². The summed E-state index contributed by atoms with van der Waals surface area (Å²) in [6, 6.07) is 6.92. The van der Waals surface area contributed by atoms with Crippen LogP contribution in [0.1, 0.15) is 35.6 Å². The van der Waals surface area contributed by atoms with E-state index in [-0.39, 0.29) is 11.7 Å². The van der Waals surface area contributed by atoms with Crippen LogP contribution in [0.3, 0.4) is 0 Å². The van der Waals surface area contributed by atoms with E-state index < -0.39 is 0 Å². The largest absolute Gasteiger partial charge is 0.357 e. The first-order valence-electron chi connectivity index (χ1n) is 6.22. The molecule has 18 heavy (non-hydrogen) atoms. The molecule has 1 N–H and O–H groups in total. The Bertz CT molecular complexity index is 565. The number of hydrogen-bond acceptors (Lipinski definition) is 3. The molecule has 0 bridgehead atoms. The highest BCUT2D eigenvalue weighted by Gasteiger charge is 2.29. The molecule has 4 heteroatoms. The Kier molecular flexibility index (Phi) is 2.78. The van der Waals surface area contributed by atoms with Crippen molar-refractivity contribution in [3.05, 3.63) is 46.9 Å². The fourth-order valence-electron chi connectivity index (χ4n) is 2.71. The molecule has 0 amide bonds. The van der Waals surface area contributed by atoms with Gasteiger partial charge in [0.05, 0.1) is 5.69 Å². The van der Waals surface area contributed by atoms with E-state index in [0.717, 1.165) is 36.1 Å². The smallest absolute Gasteiger partial charge is 0.227 e. The zero-order valence-electron chi connectivity index (χ0n) is 10.2. The van der Waals surface area contributed by atoms with Crippen LogP contribution < -0.4 is 5.32 Å². The van der Waals surface area contributed by atoms with Gasteiger partial charge in [0.25, 0.3) is 0 Å². The summed E-state index contributed by atoms with van der Waals surface area (Å²) in [7, 11) is 1.81. The van der Waals surface area contributed by atoms with Crippen molar-refractivity contribution in [3.8, 4) is 0 Å². The number of halogens is 1. The zero-order chi connectivity index (χ0) is 12.5. The molecule has 0 spiro atoms. The van der Waals surface area contributed by atoms with E-state index in [0.29, 0.717) is 5.88 Å². The number of benzene rings is 1. The van der Waals surface area contributed by atoms with Crippen LogP contribution in [0.5, 0.6) is 0 Å². The first kappa shape index (κ1) is 11.3. The van der Waals surface area contributed by atoms with Crippen molar-refractivity contribution in [2.24, 2.45) is 0 Å². The lowest BCUT2D eigenvalue weighted by Crippen LogP contribution is -2.12. The van der Waals surface area contributed by atoms with Crippen molar-refractivity contribution >= 4 is 5.88 Å². The minimum Gasteiger partial charge on any atom is -0.357 e. The zero-order valence-corrected chi connectivity index (χ0v) is 10.2. The Hall–Kier alpha value is -1.84. The van der Waals surface area contributed by atoms with Crippen molar-refractivity contribution in [3.63, 3.8) is 0 Å². The fourth-order valence-corrected chi connectivity index (χ4v) is 2.71. The molecule has 1 unspecified atom stereocenters. The Labute approximate surface area is 105 Å². The summed E-state index contributed by atoms with van der Waals surface area (Å²) in [4.78, 5) is 0. The van der Waals surface area contributed by atoms with Gasteiger partial charge in [-0.15, -0.1) is 0 Å². The van der Waals surface area contributed by atoms with Crippen LogP contribution in [0.15, 0.2) is 28.8 Å². The second-order valence-electron chi connectivity index (χ2n) is 4.59. The van der Waals surface area contributed by atoms with Crippen LogP contribution >= 0.6 is 0 Å². The molecule has 1 aromatic carbocycles. The highest BCUT2D eigenvalue weighted by Crippen LogP contribution is 2.39. The summed E-state index contributed by atoms with van der Waals surface area (Å²) in [5.74, 6) is 0.566. The van der Waals surface area contributed by atoms with Gasteiger partial charge < -0.3 is 9.84 Å².